The summed E-state index contributed by atoms with van der Waals surface area (Å²) in [6.07, 6.45) is 6.47. The van der Waals surface area contributed by atoms with E-state index in [1.807, 2.05) is 6.26 Å². The Kier molecular flexibility index (Phi) is 2.15. The SMILES string of the molecule is CC1(C)CC2(OCCO2)[C@@]2(C)C[C@@H]3OC=C[C@@]2(C1)O3. The fourth-order valence-electron chi connectivity index (χ4n) is 4.70. The highest BCUT2D eigenvalue weighted by Crippen LogP contribution is 2.67. The van der Waals surface area contributed by atoms with Gasteiger partial charge in [-0.05, 0) is 17.9 Å². The minimum atomic E-state index is -0.526. The van der Waals surface area contributed by atoms with Crippen LogP contribution in [0, 0.1) is 10.8 Å². The van der Waals surface area contributed by atoms with E-state index in [1.165, 1.54) is 0 Å². The summed E-state index contributed by atoms with van der Waals surface area (Å²) in [7, 11) is 0. The summed E-state index contributed by atoms with van der Waals surface area (Å²) in [6.45, 7) is 8.14. The monoisotopic (exact) mass is 266 g/mol. The molecule has 4 heteroatoms. The molecule has 4 aliphatic rings. The molecule has 0 aromatic heterocycles. The van der Waals surface area contributed by atoms with Crippen molar-refractivity contribution in [2.24, 2.45) is 10.8 Å². The van der Waals surface area contributed by atoms with Crippen molar-refractivity contribution in [1.82, 2.24) is 0 Å². The van der Waals surface area contributed by atoms with E-state index in [0.29, 0.717) is 13.2 Å². The molecular weight excluding hydrogens is 244 g/mol. The first kappa shape index (κ1) is 12.2. The topological polar surface area (TPSA) is 36.9 Å². The molecule has 0 radical (unpaired) electrons. The Labute approximate surface area is 114 Å². The fraction of sp³-hybridized carbons (Fsp3) is 0.867. The van der Waals surface area contributed by atoms with Crippen LogP contribution in [0.4, 0.5) is 0 Å². The van der Waals surface area contributed by atoms with Crippen LogP contribution in [0.2, 0.25) is 0 Å². The zero-order valence-corrected chi connectivity index (χ0v) is 11.9. The van der Waals surface area contributed by atoms with Gasteiger partial charge in [-0.1, -0.05) is 20.8 Å². The van der Waals surface area contributed by atoms with Gasteiger partial charge in [0, 0.05) is 12.8 Å². The number of hydrogen-bond donors (Lipinski definition) is 0. The third kappa shape index (κ3) is 1.35. The van der Waals surface area contributed by atoms with Crippen molar-refractivity contribution >= 4 is 0 Å². The molecule has 2 spiro atoms. The van der Waals surface area contributed by atoms with Gasteiger partial charge in [-0.15, -0.1) is 0 Å². The summed E-state index contributed by atoms with van der Waals surface area (Å²) in [6, 6.07) is 0. The summed E-state index contributed by atoms with van der Waals surface area (Å²) in [5.41, 5.74) is -0.369. The molecule has 3 heterocycles. The van der Waals surface area contributed by atoms with E-state index in [4.69, 9.17) is 18.9 Å². The lowest BCUT2D eigenvalue weighted by atomic mass is 9.54. The molecule has 3 atom stereocenters. The first-order valence-corrected chi connectivity index (χ1v) is 7.19. The molecule has 19 heavy (non-hydrogen) atoms. The zero-order valence-electron chi connectivity index (χ0n) is 11.9. The first-order valence-electron chi connectivity index (χ1n) is 7.19. The van der Waals surface area contributed by atoms with Crippen molar-refractivity contribution in [3.05, 3.63) is 12.3 Å². The Balaban J connectivity index is 1.88. The molecule has 1 aliphatic carbocycles. The van der Waals surface area contributed by atoms with Crippen molar-refractivity contribution in [1.29, 1.82) is 0 Å². The van der Waals surface area contributed by atoms with Crippen LogP contribution in [0.1, 0.15) is 40.0 Å². The minimum absolute atomic E-state index is 0.125. The average molecular weight is 266 g/mol. The Bertz CT molecular complexity index is 437. The molecule has 106 valence electrons. The largest absolute Gasteiger partial charge is 0.473 e. The highest BCUT2D eigenvalue weighted by Gasteiger charge is 2.73. The maximum absolute atomic E-state index is 6.25. The Hall–Kier alpha value is -0.580. The van der Waals surface area contributed by atoms with E-state index in [1.54, 1.807) is 0 Å². The van der Waals surface area contributed by atoms with Crippen molar-refractivity contribution in [2.45, 2.75) is 57.7 Å². The summed E-state index contributed by atoms with van der Waals surface area (Å²) in [5, 5.41) is 0. The Morgan fingerprint density at radius 1 is 1.05 bits per heavy atom. The van der Waals surface area contributed by atoms with Gasteiger partial charge in [-0.2, -0.15) is 0 Å². The number of hydrogen-bond acceptors (Lipinski definition) is 4. The number of fused-ring (bicyclic) bond motifs is 2. The van der Waals surface area contributed by atoms with Crippen LogP contribution in [-0.4, -0.2) is 30.9 Å². The van der Waals surface area contributed by atoms with Gasteiger partial charge in [-0.3, -0.25) is 0 Å². The van der Waals surface area contributed by atoms with E-state index >= 15 is 0 Å². The van der Waals surface area contributed by atoms with Crippen LogP contribution in [-0.2, 0) is 18.9 Å². The highest BCUT2D eigenvalue weighted by atomic mass is 16.7. The van der Waals surface area contributed by atoms with Crippen LogP contribution in [0.5, 0.6) is 0 Å². The second-order valence-electron chi connectivity index (χ2n) is 7.38. The maximum Gasteiger partial charge on any atom is 0.200 e. The summed E-state index contributed by atoms with van der Waals surface area (Å²) in [4.78, 5) is 0. The molecule has 0 amide bonds. The molecule has 0 aromatic rings. The number of ether oxygens (including phenoxy) is 4. The fourth-order valence-corrected chi connectivity index (χ4v) is 4.70. The van der Waals surface area contributed by atoms with Crippen molar-refractivity contribution in [3.8, 4) is 0 Å². The first-order chi connectivity index (χ1) is 8.91. The molecule has 4 rings (SSSR count). The van der Waals surface area contributed by atoms with Gasteiger partial charge < -0.3 is 18.9 Å². The predicted octanol–water partition coefficient (Wildman–Crippen LogP) is 2.58. The lowest BCUT2D eigenvalue weighted by molar-refractivity contribution is -0.304. The third-order valence-corrected chi connectivity index (χ3v) is 5.47. The van der Waals surface area contributed by atoms with E-state index in [-0.39, 0.29) is 22.7 Å². The molecule has 0 aromatic carbocycles. The minimum Gasteiger partial charge on any atom is -0.473 e. The molecule has 2 saturated heterocycles. The van der Waals surface area contributed by atoms with Crippen LogP contribution in [0.25, 0.3) is 0 Å². The third-order valence-electron chi connectivity index (χ3n) is 5.47. The van der Waals surface area contributed by atoms with Gasteiger partial charge in [0.05, 0.1) is 24.9 Å². The second kappa shape index (κ2) is 3.35. The van der Waals surface area contributed by atoms with Gasteiger partial charge in [0.2, 0.25) is 6.29 Å². The molecule has 0 N–H and O–H groups in total. The van der Waals surface area contributed by atoms with Crippen molar-refractivity contribution in [3.63, 3.8) is 0 Å². The van der Waals surface area contributed by atoms with Crippen LogP contribution in [0.15, 0.2) is 12.3 Å². The van der Waals surface area contributed by atoms with Crippen molar-refractivity contribution < 1.29 is 18.9 Å². The summed E-state index contributed by atoms with van der Waals surface area (Å²) < 4.78 is 24.1. The van der Waals surface area contributed by atoms with Gasteiger partial charge in [0.15, 0.2) is 5.79 Å². The Morgan fingerprint density at radius 3 is 2.53 bits per heavy atom. The molecule has 4 nitrogen and oxygen atoms in total. The normalized spacial score (nSPS) is 49.1. The highest BCUT2D eigenvalue weighted by molar-refractivity contribution is 5.25. The number of rotatable bonds is 0. The van der Waals surface area contributed by atoms with E-state index in [2.05, 4.69) is 26.8 Å². The second-order valence-corrected chi connectivity index (χ2v) is 7.38. The van der Waals surface area contributed by atoms with Gasteiger partial charge in [0.1, 0.15) is 5.60 Å². The molecule has 3 fully saturated rings. The van der Waals surface area contributed by atoms with E-state index in [9.17, 15) is 0 Å². The standard InChI is InChI=1S/C15H22O4/c1-12(2)9-14-4-5-16-11(19-14)8-13(14,3)15(10-12)17-6-7-18-15/h4-5,11H,6-10H2,1-3H3/t11-,13+,14+/m1/s1. The van der Waals surface area contributed by atoms with Gasteiger partial charge in [0.25, 0.3) is 0 Å². The van der Waals surface area contributed by atoms with E-state index in [0.717, 1.165) is 19.3 Å². The van der Waals surface area contributed by atoms with Crippen LogP contribution in [0.3, 0.4) is 0 Å². The maximum atomic E-state index is 6.25. The summed E-state index contributed by atoms with van der Waals surface area (Å²) in [5.74, 6) is -0.526. The lowest BCUT2D eigenvalue weighted by Crippen LogP contribution is -2.64. The Morgan fingerprint density at radius 2 is 1.79 bits per heavy atom. The van der Waals surface area contributed by atoms with Crippen LogP contribution >= 0.6 is 0 Å². The predicted molar refractivity (Wildman–Crippen MR) is 68.2 cm³/mol. The summed E-state index contributed by atoms with van der Waals surface area (Å²) >= 11 is 0. The molecule has 3 aliphatic heterocycles. The quantitative estimate of drug-likeness (QED) is 0.675. The van der Waals surface area contributed by atoms with Gasteiger partial charge >= 0.3 is 0 Å². The zero-order chi connectivity index (χ0) is 13.4. The average Bonchev–Trinajstić information content (AvgIpc) is 2.82. The molecule has 1 saturated carbocycles. The van der Waals surface area contributed by atoms with Gasteiger partial charge in [-0.25, -0.2) is 0 Å². The lowest BCUT2D eigenvalue weighted by Gasteiger charge is -2.58. The molecular formula is C15H22O4. The smallest absolute Gasteiger partial charge is 0.200 e. The molecule has 0 unspecified atom stereocenters. The van der Waals surface area contributed by atoms with E-state index < -0.39 is 5.79 Å². The molecule has 2 bridgehead atoms. The van der Waals surface area contributed by atoms with Crippen molar-refractivity contribution in [2.75, 3.05) is 13.2 Å². The van der Waals surface area contributed by atoms with Crippen LogP contribution < -0.4 is 0 Å².